The number of rotatable bonds is 7. The number of morpholine rings is 1. The molecule has 1 fully saturated rings. The first-order valence-electron chi connectivity index (χ1n) is 8.02. The van der Waals surface area contributed by atoms with Crippen LogP contribution in [0, 0.1) is 0 Å². The molecular formula is C17H23ClN2O4. The van der Waals surface area contributed by atoms with Crippen LogP contribution in [0.15, 0.2) is 24.3 Å². The van der Waals surface area contributed by atoms with Crippen LogP contribution in [0.2, 0.25) is 5.02 Å². The van der Waals surface area contributed by atoms with Crippen molar-refractivity contribution in [2.75, 3.05) is 33.4 Å². The maximum atomic E-state index is 12.5. The van der Waals surface area contributed by atoms with Gasteiger partial charge in [-0.25, -0.2) is 0 Å². The monoisotopic (exact) mass is 354 g/mol. The van der Waals surface area contributed by atoms with E-state index in [0.717, 1.165) is 12.0 Å². The number of nitrogens with one attached hydrogen (secondary N) is 1. The van der Waals surface area contributed by atoms with E-state index >= 15 is 0 Å². The third-order valence-corrected chi connectivity index (χ3v) is 4.17. The molecule has 1 aliphatic heterocycles. The van der Waals surface area contributed by atoms with Crippen molar-refractivity contribution in [3.8, 4) is 0 Å². The Morgan fingerprint density at radius 3 is 2.79 bits per heavy atom. The number of hydrogen-bond acceptors (Lipinski definition) is 4. The summed E-state index contributed by atoms with van der Waals surface area (Å²) in [7, 11) is 1.68. The predicted molar refractivity (Wildman–Crippen MR) is 90.8 cm³/mol. The third kappa shape index (κ3) is 4.69. The zero-order valence-corrected chi connectivity index (χ0v) is 14.7. The van der Waals surface area contributed by atoms with Crippen LogP contribution in [0.1, 0.15) is 24.9 Å². The molecule has 132 valence electrons. The van der Waals surface area contributed by atoms with Gasteiger partial charge in [-0.15, -0.1) is 0 Å². The molecule has 7 heteroatoms. The van der Waals surface area contributed by atoms with Gasteiger partial charge in [-0.3, -0.25) is 9.59 Å². The van der Waals surface area contributed by atoms with Crippen LogP contribution in [0.5, 0.6) is 0 Å². The molecule has 2 atom stereocenters. The summed E-state index contributed by atoms with van der Waals surface area (Å²) < 4.78 is 10.8. The first-order chi connectivity index (χ1) is 11.5. The highest BCUT2D eigenvalue weighted by molar-refractivity contribution is 6.30. The van der Waals surface area contributed by atoms with E-state index in [4.69, 9.17) is 21.1 Å². The molecule has 1 heterocycles. The molecule has 1 aromatic rings. The van der Waals surface area contributed by atoms with Crippen molar-refractivity contribution in [2.45, 2.75) is 25.5 Å². The minimum atomic E-state index is -0.749. The van der Waals surface area contributed by atoms with Crippen LogP contribution in [-0.4, -0.2) is 56.2 Å². The van der Waals surface area contributed by atoms with Gasteiger partial charge < -0.3 is 19.7 Å². The fourth-order valence-electron chi connectivity index (χ4n) is 2.62. The van der Waals surface area contributed by atoms with Crippen LogP contribution in [-0.2, 0) is 19.1 Å². The average Bonchev–Trinajstić information content (AvgIpc) is 2.58. The molecule has 0 spiro atoms. The molecule has 0 saturated carbocycles. The van der Waals surface area contributed by atoms with E-state index in [9.17, 15) is 9.59 Å². The van der Waals surface area contributed by atoms with Gasteiger partial charge in [0.05, 0.1) is 6.04 Å². The number of amides is 2. The Bertz CT molecular complexity index is 564. The summed E-state index contributed by atoms with van der Waals surface area (Å²) in [6.07, 6.45) is -0.0203. The largest absolute Gasteiger partial charge is 0.382 e. The smallest absolute Gasteiger partial charge is 0.251 e. The fourth-order valence-corrected chi connectivity index (χ4v) is 2.75. The predicted octanol–water partition coefficient (Wildman–Crippen LogP) is 1.78. The molecule has 0 aromatic heterocycles. The van der Waals surface area contributed by atoms with Gasteiger partial charge >= 0.3 is 0 Å². The van der Waals surface area contributed by atoms with E-state index in [1.807, 2.05) is 6.92 Å². The summed E-state index contributed by atoms with van der Waals surface area (Å²) in [4.78, 5) is 26.0. The molecule has 6 nitrogen and oxygen atoms in total. The van der Waals surface area contributed by atoms with Gasteiger partial charge in [0, 0.05) is 31.8 Å². The number of ether oxygens (including phenoxy) is 2. The number of carbonyl (C=O) groups excluding carboxylic acids is 2. The summed E-state index contributed by atoms with van der Waals surface area (Å²) in [5, 5.41) is 3.45. The van der Waals surface area contributed by atoms with Crippen molar-refractivity contribution in [1.82, 2.24) is 10.2 Å². The number of hydrogen-bond donors (Lipinski definition) is 1. The molecule has 2 rings (SSSR count). The highest BCUT2D eigenvalue weighted by Gasteiger charge is 2.39. The van der Waals surface area contributed by atoms with E-state index < -0.39 is 12.1 Å². The molecule has 0 aliphatic carbocycles. The molecule has 0 radical (unpaired) electrons. The normalized spacial score (nSPS) is 21.0. The summed E-state index contributed by atoms with van der Waals surface area (Å²) in [6.45, 7) is 3.59. The van der Waals surface area contributed by atoms with Gasteiger partial charge in [-0.1, -0.05) is 23.7 Å². The molecule has 1 saturated heterocycles. The number of likely N-dealkylation sites (N-methyl/N-ethyl adjacent to an activating group) is 1. The first kappa shape index (κ1) is 18.7. The van der Waals surface area contributed by atoms with Gasteiger partial charge in [0.25, 0.3) is 5.91 Å². The lowest BCUT2D eigenvalue weighted by Gasteiger charge is -2.38. The topological polar surface area (TPSA) is 67.9 Å². The zero-order valence-electron chi connectivity index (χ0n) is 14.0. The quantitative estimate of drug-likeness (QED) is 0.758. The summed E-state index contributed by atoms with van der Waals surface area (Å²) in [5.41, 5.74) is 0.810. The Morgan fingerprint density at radius 2 is 2.12 bits per heavy atom. The van der Waals surface area contributed by atoms with E-state index in [1.54, 1.807) is 36.2 Å². The van der Waals surface area contributed by atoms with Crippen molar-refractivity contribution < 1.29 is 19.1 Å². The second kappa shape index (κ2) is 9.01. The van der Waals surface area contributed by atoms with Gasteiger partial charge in [-0.2, -0.15) is 0 Å². The Hall–Kier alpha value is -1.63. The van der Waals surface area contributed by atoms with Gasteiger partial charge in [0.15, 0.2) is 6.10 Å². The molecule has 1 aromatic carbocycles. The third-order valence-electron chi connectivity index (χ3n) is 3.92. The van der Waals surface area contributed by atoms with E-state index in [-0.39, 0.29) is 18.4 Å². The minimum Gasteiger partial charge on any atom is -0.382 e. The fraction of sp³-hybridized carbons (Fsp3) is 0.529. The molecule has 0 bridgehead atoms. The summed E-state index contributed by atoms with van der Waals surface area (Å²) >= 11 is 5.92. The lowest BCUT2D eigenvalue weighted by Crippen LogP contribution is -2.53. The Kier molecular flexibility index (Phi) is 7.02. The highest BCUT2D eigenvalue weighted by Crippen LogP contribution is 2.30. The number of nitrogens with zero attached hydrogens (tertiary/aromatic N) is 1. The first-order valence-corrected chi connectivity index (χ1v) is 8.40. The maximum absolute atomic E-state index is 12.5. The van der Waals surface area contributed by atoms with E-state index in [0.29, 0.717) is 24.8 Å². The Balaban J connectivity index is 2.06. The molecule has 1 N–H and O–H groups in total. The highest BCUT2D eigenvalue weighted by atomic mass is 35.5. The SMILES string of the molecule is CCOCCCNC(=O)[C@H]1OCC(=O)N(C)[C@H]1c1ccc(Cl)cc1. The van der Waals surface area contributed by atoms with E-state index in [2.05, 4.69) is 5.32 Å². The number of halogens is 1. The second-order valence-corrected chi connectivity index (χ2v) is 6.01. The Morgan fingerprint density at radius 1 is 1.42 bits per heavy atom. The van der Waals surface area contributed by atoms with Crippen molar-refractivity contribution in [3.63, 3.8) is 0 Å². The molecule has 1 aliphatic rings. The van der Waals surface area contributed by atoms with Crippen LogP contribution in [0.4, 0.5) is 0 Å². The van der Waals surface area contributed by atoms with E-state index in [1.165, 1.54) is 0 Å². The number of carbonyl (C=O) groups is 2. The standard InChI is InChI=1S/C17H23ClN2O4/c1-3-23-10-4-9-19-17(22)16-15(20(2)14(21)11-24-16)12-5-7-13(18)8-6-12/h5-8,15-16H,3-4,9-11H2,1-2H3,(H,19,22)/t15-,16-/m0/s1. The molecule has 0 unspecified atom stereocenters. The minimum absolute atomic E-state index is 0.0996. The number of benzene rings is 1. The van der Waals surface area contributed by atoms with Crippen LogP contribution < -0.4 is 5.32 Å². The van der Waals surface area contributed by atoms with Gasteiger partial charge in [0.1, 0.15) is 6.61 Å². The van der Waals surface area contributed by atoms with Crippen LogP contribution >= 0.6 is 11.6 Å². The molecule has 24 heavy (non-hydrogen) atoms. The zero-order chi connectivity index (χ0) is 17.5. The van der Waals surface area contributed by atoms with Crippen molar-refractivity contribution in [2.24, 2.45) is 0 Å². The van der Waals surface area contributed by atoms with Gasteiger partial charge in [0.2, 0.25) is 5.91 Å². The lowest BCUT2D eigenvalue weighted by atomic mass is 9.97. The summed E-state index contributed by atoms with van der Waals surface area (Å²) in [6, 6.07) is 6.61. The Labute approximate surface area is 147 Å². The average molecular weight is 355 g/mol. The molecular weight excluding hydrogens is 332 g/mol. The second-order valence-electron chi connectivity index (χ2n) is 5.57. The lowest BCUT2D eigenvalue weighted by molar-refractivity contribution is -0.162. The van der Waals surface area contributed by atoms with Crippen LogP contribution in [0.25, 0.3) is 0 Å². The van der Waals surface area contributed by atoms with Crippen molar-refractivity contribution >= 4 is 23.4 Å². The van der Waals surface area contributed by atoms with Gasteiger partial charge in [-0.05, 0) is 31.0 Å². The van der Waals surface area contributed by atoms with Crippen molar-refractivity contribution in [3.05, 3.63) is 34.9 Å². The molecule has 2 amide bonds. The van der Waals surface area contributed by atoms with Crippen molar-refractivity contribution in [1.29, 1.82) is 0 Å². The summed E-state index contributed by atoms with van der Waals surface area (Å²) in [5.74, 6) is -0.388. The maximum Gasteiger partial charge on any atom is 0.251 e. The van der Waals surface area contributed by atoms with Crippen LogP contribution in [0.3, 0.4) is 0 Å².